The third-order valence-corrected chi connectivity index (χ3v) is 5.49. The fourth-order valence-corrected chi connectivity index (χ4v) is 3.65. The zero-order valence-electron chi connectivity index (χ0n) is 18.4. The number of hydrogen-bond donors (Lipinski definition) is 1. The Balaban J connectivity index is 1.34. The molecule has 4 rings (SSSR count). The van der Waals surface area contributed by atoms with Gasteiger partial charge in [-0.3, -0.25) is 14.3 Å². The molecule has 2 atom stereocenters. The predicted octanol–water partition coefficient (Wildman–Crippen LogP) is 3.10. The third kappa shape index (κ3) is 5.85. The number of carbonyl (C=O) groups excluding carboxylic acids is 1. The van der Waals surface area contributed by atoms with Gasteiger partial charge in [-0.25, -0.2) is 9.59 Å². The second-order valence-corrected chi connectivity index (χ2v) is 8.05. The van der Waals surface area contributed by atoms with Gasteiger partial charge in [0.05, 0.1) is 30.4 Å². The van der Waals surface area contributed by atoms with Crippen LogP contribution in [0.3, 0.4) is 0 Å². The highest BCUT2D eigenvalue weighted by Crippen LogP contribution is 2.27. The van der Waals surface area contributed by atoms with E-state index in [2.05, 4.69) is 4.98 Å². The van der Waals surface area contributed by atoms with E-state index in [1.54, 1.807) is 12.1 Å². The number of esters is 1. The van der Waals surface area contributed by atoms with Gasteiger partial charge in [-0.15, -0.1) is 0 Å². The first-order valence-electron chi connectivity index (χ1n) is 10.8. The van der Waals surface area contributed by atoms with Gasteiger partial charge in [0.1, 0.15) is 12.8 Å². The topological polar surface area (TPSA) is 99.6 Å². The van der Waals surface area contributed by atoms with Gasteiger partial charge in [0.25, 0.3) is 5.56 Å². The number of H-pyrrole nitrogens is 1. The number of hydrogen-bond acceptors (Lipinski definition) is 6. The van der Waals surface area contributed by atoms with Crippen LogP contribution in [-0.2, 0) is 27.4 Å². The van der Waals surface area contributed by atoms with Crippen LogP contribution in [0.5, 0.6) is 0 Å². The lowest BCUT2D eigenvalue weighted by molar-refractivity contribution is -0.0342. The smallest absolute Gasteiger partial charge is 0.338 e. The molecule has 1 aromatic heterocycles. The predicted molar refractivity (Wildman–Crippen MR) is 121 cm³/mol. The molecule has 33 heavy (non-hydrogen) atoms. The Bertz CT molecular complexity index is 1200. The minimum atomic E-state index is -0.551. The van der Waals surface area contributed by atoms with Crippen molar-refractivity contribution in [3.63, 3.8) is 0 Å². The molecule has 0 saturated carbocycles. The van der Waals surface area contributed by atoms with Crippen molar-refractivity contribution < 1.29 is 19.0 Å². The molecule has 0 amide bonds. The molecule has 0 unspecified atom stereocenters. The lowest BCUT2D eigenvalue weighted by atomic mass is 10.1. The molecule has 1 aliphatic heterocycles. The van der Waals surface area contributed by atoms with E-state index in [9.17, 15) is 14.4 Å². The van der Waals surface area contributed by atoms with Gasteiger partial charge in [-0.2, -0.15) is 0 Å². The Labute approximate surface area is 190 Å². The third-order valence-electron chi connectivity index (χ3n) is 5.49. The number of aryl methyl sites for hydroxylation is 1. The average Bonchev–Trinajstić information content (AvgIpc) is 3.29. The van der Waals surface area contributed by atoms with Gasteiger partial charge < -0.3 is 14.2 Å². The van der Waals surface area contributed by atoms with Crippen LogP contribution in [0.25, 0.3) is 0 Å². The zero-order chi connectivity index (χ0) is 23.2. The van der Waals surface area contributed by atoms with Gasteiger partial charge in [-0.1, -0.05) is 48.0 Å². The first kappa shape index (κ1) is 22.7. The van der Waals surface area contributed by atoms with Crippen LogP contribution in [0.15, 0.2) is 70.4 Å². The SMILES string of the molecule is Cc1ccc(C(=O)OC[C@@H]2CC[C@H](n3cc(COCc4ccccc4)c(=O)[nH]c3=O)O2)cc1. The van der Waals surface area contributed by atoms with E-state index >= 15 is 0 Å². The molecule has 1 aliphatic rings. The molecular formula is C25H26N2O6. The van der Waals surface area contributed by atoms with Gasteiger partial charge in [-0.05, 0) is 37.5 Å². The molecule has 8 nitrogen and oxygen atoms in total. The highest BCUT2D eigenvalue weighted by atomic mass is 16.6. The maximum atomic E-state index is 12.4. The largest absolute Gasteiger partial charge is 0.459 e. The Kier molecular flexibility index (Phi) is 7.16. The van der Waals surface area contributed by atoms with Crippen molar-refractivity contribution in [2.75, 3.05) is 6.61 Å². The standard InChI is InChI=1S/C25H26N2O6/c1-17-7-9-19(10-8-17)24(29)32-16-21-11-12-22(33-21)27-13-20(23(28)26-25(27)30)15-31-14-18-5-3-2-4-6-18/h2-10,13,21-22H,11-12,14-16H2,1H3,(H,26,28,30)/t21-,22+/m0/s1. The van der Waals surface area contributed by atoms with Crippen LogP contribution >= 0.6 is 0 Å². The van der Waals surface area contributed by atoms with Crippen molar-refractivity contribution in [1.29, 1.82) is 0 Å². The average molecular weight is 450 g/mol. The molecule has 0 spiro atoms. The van der Waals surface area contributed by atoms with Crippen molar-refractivity contribution in [2.45, 2.75) is 45.3 Å². The Hall–Kier alpha value is -3.49. The van der Waals surface area contributed by atoms with Crippen molar-refractivity contribution in [3.8, 4) is 0 Å². The summed E-state index contributed by atoms with van der Waals surface area (Å²) >= 11 is 0. The molecule has 1 fully saturated rings. The van der Waals surface area contributed by atoms with Gasteiger partial charge in [0.2, 0.25) is 0 Å². The van der Waals surface area contributed by atoms with E-state index in [1.165, 1.54) is 10.8 Å². The van der Waals surface area contributed by atoms with Gasteiger partial charge in [0, 0.05) is 6.20 Å². The van der Waals surface area contributed by atoms with E-state index in [0.717, 1.165) is 11.1 Å². The maximum Gasteiger partial charge on any atom is 0.338 e. The highest BCUT2D eigenvalue weighted by molar-refractivity contribution is 5.89. The molecule has 8 heteroatoms. The summed E-state index contributed by atoms with van der Waals surface area (Å²) in [6.45, 7) is 2.46. The van der Waals surface area contributed by atoms with Crippen molar-refractivity contribution in [3.05, 3.63) is 104 Å². The van der Waals surface area contributed by atoms with Gasteiger partial charge >= 0.3 is 11.7 Å². The Morgan fingerprint density at radius 3 is 2.58 bits per heavy atom. The molecular weight excluding hydrogens is 424 g/mol. The fourth-order valence-electron chi connectivity index (χ4n) is 3.65. The molecule has 2 aromatic carbocycles. The molecule has 2 heterocycles. The quantitative estimate of drug-likeness (QED) is 0.530. The zero-order valence-corrected chi connectivity index (χ0v) is 18.4. The van der Waals surface area contributed by atoms with E-state index in [4.69, 9.17) is 14.2 Å². The number of ether oxygens (including phenoxy) is 3. The summed E-state index contributed by atoms with van der Waals surface area (Å²) < 4.78 is 18.3. The Morgan fingerprint density at radius 2 is 1.82 bits per heavy atom. The molecule has 3 aromatic rings. The first-order chi connectivity index (χ1) is 16.0. The highest BCUT2D eigenvalue weighted by Gasteiger charge is 2.29. The van der Waals surface area contributed by atoms with E-state index in [0.29, 0.717) is 30.6 Å². The summed E-state index contributed by atoms with van der Waals surface area (Å²) in [6, 6.07) is 16.8. The summed E-state index contributed by atoms with van der Waals surface area (Å²) in [6.07, 6.45) is 1.78. The number of benzene rings is 2. The number of carbonyl (C=O) groups is 1. The molecule has 0 radical (unpaired) electrons. The van der Waals surface area contributed by atoms with Crippen molar-refractivity contribution in [2.24, 2.45) is 0 Å². The maximum absolute atomic E-state index is 12.4. The Morgan fingerprint density at radius 1 is 1.06 bits per heavy atom. The van der Waals surface area contributed by atoms with E-state index < -0.39 is 23.4 Å². The normalized spacial score (nSPS) is 17.7. The molecule has 1 saturated heterocycles. The fraction of sp³-hybridized carbons (Fsp3) is 0.320. The van der Waals surface area contributed by atoms with Crippen LogP contribution in [0.4, 0.5) is 0 Å². The number of aromatic nitrogens is 2. The van der Waals surface area contributed by atoms with Crippen molar-refractivity contribution >= 4 is 5.97 Å². The summed E-state index contributed by atoms with van der Waals surface area (Å²) in [7, 11) is 0. The van der Waals surface area contributed by atoms with Crippen molar-refractivity contribution in [1.82, 2.24) is 9.55 Å². The van der Waals surface area contributed by atoms with Crippen LogP contribution < -0.4 is 11.2 Å². The number of nitrogens with one attached hydrogen (secondary N) is 1. The molecule has 0 aliphatic carbocycles. The molecule has 0 bridgehead atoms. The van der Waals surface area contributed by atoms with E-state index in [1.807, 2.05) is 49.4 Å². The van der Waals surface area contributed by atoms with Crippen LogP contribution in [0.2, 0.25) is 0 Å². The van der Waals surface area contributed by atoms with Crippen LogP contribution in [-0.4, -0.2) is 28.2 Å². The summed E-state index contributed by atoms with van der Waals surface area (Å²) in [5.74, 6) is -0.416. The second kappa shape index (κ2) is 10.4. The first-order valence-corrected chi connectivity index (χ1v) is 10.8. The second-order valence-electron chi connectivity index (χ2n) is 8.05. The number of nitrogens with zero attached hydrogens (tertiary/aromatic N) is 1. The van der Waals surface area contributed by atoms with Crippen LogP contribution in [0, 0.1) is 6.92 Å². The van der Waals surface area contributed by atoms with Crippen LogP contribution in [0.1, 0.15) is 46.1 Å². The monoisotopic (exact) mass is 450 g/mol. The summed E-state index contributed by atoms with van der Waals surface area (Å²) in [5, 5.41) is 0. The summed E-state index contributed by atoms with van der Waals surface area (Å²) in [5.41, 5.74) is 1.84. The number of rotatable bonds is 8. The van der Waals surface area contributed by atoms with Gasteiger partial charge in [0.15, 0.2) is 0 Å². The molecule has 1 N–H and O–H groups in total. The number of aromatic amines is 1. The minimum absolute atomic E-state index is 0.0643. The minimum Gasteiger partial charge on any atom is -0.459 e. The molecule has 172 valence electrons. The summed E-state index contributed by atoms with van der Waals surface area (Å²) in [4.78, 5) is 39.1. The lowest BCUT2D eigenvalue weighted by Crippen LogP contribution is -2.34. The lowest BCUT2D eigenvalue weighted by Gasteiger charge is -2.17. The van der Waals surface area contributed by atoms with E-state index in [-0.39, 0.29) is 19.3 Å².